The molecule has 0 atom stereocenters. The van der Waals surface area contributed by atoms with Gasteiger partial charge in [-0.3, -0.25) is 4.79 Å². The molecular formula is C15H13F2NO. The number of halogens is 2. The van der Waals surface area contributed by atoms with Gasteiger partial charge in [0.05, 0.1) is 5.56 Å². The van der Waals surface area contributed by atoms with Crippen molar-refractivity contribution in [3.05, 3.63) is 65.2 Å². The van der Waals surface area contributed by atoms with Crippen LogP contribution in [0.3, 0.4) is 0 Å². The van der Waals surface area contributed by atoms with Gasteiger partial charge in [-0.1, -0.05) is 23.8 Å². The number of aryl methyl sites for hydroxylation is 1. The van der Waals surface area contributed by atoms with Crippen molar-refractivity contribution in [2.75, 3.05) is 11.9 Å². The fraction of sp³-hybridized carbons (Fsp3) is 0.133. The van der Waals surface area contributed by atoms with Crippen LogP contribution in [0, 0.1) is 18.6 Å². The monoisotopic (exact) mass is 261 g/mol. The van der Waals surface area contributed by atoms with Crippen LogP contribution < -0.4 is 4.90 Å². The number of carbonyl (C=O) groups excluding carboxylic acids is 1. The second-order valence-electron chi connectivity index (χ2n) is 4.30. The van der Waals surface area contributed by atoms with Crippen LogP contribution in [0.4, 0.5) is 14.5 Å². The van der Waals surface area contributed by atoms with Crippen LogP contribution in [0.5, 0.6) is 0 Å². The van der Waals surface area contributed by atoms with E-state index in [-0.39, 0.29) is 5.56 Å². The zero-order chi connectivity index (χ0) is 14.0. The van der Waals surface area contributed by atoms with Crippen molar-refractivity contribution < 1.29 is 13.6 Å². The van der Waals surface area contributed by atoms with Crippen LogP contribution in [-0.4, -0.2) is 13.0 Å². The minimum Gasteiger partial charge on any atom is -0.311 e. The van der Waals surface area contributed by atoms with Crippen LogP contribution >= 0.6 is 0 Å². The van der Waals surface area contributed by atoms with Gasteiger partial charge in [0.1, 0.15) is 0 Å². The summed E-state index contributed by atoms with van der Waals surface area (Å²) in [5.41, 5.74) is 1.41. The molecule has 19 heavy (non-hydrogen) atoms. The molecule has 0 N–H and O–H groups in total. The van der Waals surface area contributed by atoms with E-state index in [1.807, 2.05) is 19.1 Å². The van der Waals surface area contributed by atoms with E-state index in [1.54, 1.807) is 12.1 Å². The van der Waals surface area contributed by atoms with Crippen molar-refractivity contribution >= 4 is 11.6 Å². The van der Waals surface area contributed by atoms with E-state index >= 15 is 0 Å². The van der Waals surface area contributed by atoms with E-state index < -0.39 is 17.5 Å². The molecule has 0 fully saturated rings. The van der Waals surface area contributed by atoms with Crippen molar-refractivity contribution in [2.45, 2.75) is 6.92 Å². The summed E-state index contributed by atoms with van der Waals surface area (Å²) >= 11 is 0. The van der Waals surface area contributed by atoms with Crippen molar-refractivity contribution in [1.29, 1.82) is 0 Å². The Balaban J connectivity index is 2.33. The molecule has 0 saturated heterocycles. The van der Waals surface area contributed by atoms with E-state index in [0.29, 0.717) is 5.69 Å². The molecule has 2 aromatic rings. The number of anilines is 1. The number of rotatable bonds is 2. The van der Waals surface area contributed by atoms with Crippen molar-refractivity contribution in [3.8, 4) is 0 Å². The van der Waals surface area contributed by atoms with Gasteiger partial charge in [0.25, 0.3) is 5.91 Å². The van der Waals surface area contributed by atoms with Crippen molar-refractivity contribution in [2.24, 2.45) is 0 Å². The highest BCUT2D eigenvalue weighted by atomic mass is 19.2. The van der Waals surface area contributed by atoms with Gasteiger partial charge < -0.3 is 4.90 Å². The first kappa shape index (κ1) is 13.2. The van der Waals surface area contributed by atoms with E-state index in [4.69, 9.17) is 0 Å². The number of hydrogen-bond acceptors (Lipinski definition) is 1. The zero-order valence-corrected chi connectivity index (χ0v) is 10.7. The Morgan fingerprint density at radius 2 is 1.68 bits per heavy atom. The average Bonchev–Trinajstić information content (AvgIpc) is 2.41. The third kappa shape index (κ3) is 2.62. The van der Waals surface area contributed by atoms with E-state index in [2.05, 4.69) is 0 Å². The lowest BCUT2D eigenvalue weighted by Gasteiger charge is -2.18. The molecular weight excluding hydrogens is 248 g/mol. The van der Waals surface area contributed by atoms with Gasteiger partial charge in [0.2, 0.25) is 0 Å². The number of nitrogens with zero attached hydrogens (tertiary/aromatic N) is 1. The Kier molecular flexibility index (Phi) is 3.60. The fourth-order valence-electron chi connectivity index (χ4n) is 1.74. The highest BCUT2D eigenvalue weighted by molar-refractivity contribution is 6.05. The Labute approximate surface area is 110 Å². The van der Waals surface area contributed by atoms with Gasteiger partial charge in [-0.25, -0.2) is 8.78 Å². The molecule has 0 aliphatic carbocycles. The number of amides is 1. The predicted molar refractivity (Wildman–Crippen MR) is 70.3 cm³/mol. The maximum atomic E-state index is 13.6. The van der Waals surface area contributed by atoms with E-state index in [1.165, 1.54) is 24.1 Å². The van der Waals surface area contributed by atoms with Crippen LogP contribution in [0.1, 0.15) is 15.9 Å². The highest BCUT2D eigenvalue weighted by Gasteiger charge is 2.19. The Bertz CT molecular complexity index is 608. The molecule has 0 unspecified atom stereocenters. The predicted octanol–water partition coefficient (Wildman–Crippen LogP) is 3.55. The van der Waals surface area contributed by atoms with Gasteiger partial charge in [-0.05, 0) is 31.2 Å². The standard InChI is InChI=1S/C15H13F2NO/c1-10-6-8-11(9-7-10)18(2)15(19)12-4-3-5-13(16)14(12)17/h3-9H,1-2H3. The van der Waals surface area contributed by atoms with Crippen molar-refractivity contribution in [3.63, 3.8) is 0 Å². The smallest absolute Gasteiger partial charge is 0.261 e. The van der Waals surface area contributed by atoms with Crippen LogP contribution in [-0.2, 0) is 0 Å². The normalized spacial score (nSPS) is 10.3. The first-order valence-corrected chi connectivity index (χ1v) is 5.79. The lowest BCUT2D eigenvalue weighted by molar-refractivity contribution is 0.0988. The molecule has 0 bridgehead atoms. The molecule has 0 spiro atoms. The largest absolute Gasteiger partial charge is 0.311 e. The first-order valence-electron chi connectivity index (χ1n) is 5.79. The minimum atomic E-state index is -1.12. The third-order valence-electron chi connectivity index (χ3n) is 2.91. The third-order valence-corrected chi connectivity index (χ3v) is 2.91. The highest BCUT2D eigenvalue weighted by Crippen LogP contribution is 2.19. The summed E-state index contributed by atoms with van der Waals surface area (Å²) in [6.45, 7) is 1.93. The lowest BCUT2D eigenvalue weighted by atomic mass is 10.1. The lowest BCUT2D eigenvalue weighted by Crippen LogP contribution is -2.27. The summed E-state index contributed by atoms with van der Waals surface area (Å²) in [4.78, 5) is 13.4. The zero-order valence-electron chi connectivity index (χ0n) is 10.7. The molecule has 0 saturated carbocycles. The van der Waals surface area contributed by atoms with Gasteiger partial charge >= 0.3 is 0 Å². The molecule has 0 aliphatic rings. The molecule has 0 aromatic heterocycles. The van der Waals surface area contributed by atoms with Crippen molar-refractivity contribution in [1.82, 2.24) is 0 Å². The second-order valence-corrected chi connectivity index (χ2v) is 4.30. The molecule has 2 nitrogen and oxygen atoms in total. The quantitative estimate of drug-likeness (QED) is 0.809. The molecule has 98 valence electrons. The molecule has 1 amide bonds. The summed E-state index contributed by atoms with van der Waals surface area (Å²) in [5, 5.41) is 0. The summed E-state index contributed by atoms with van der Waals surface area (Å²) in [6.07, 6.45) is 0. The molecule has 0 aliphatic heterocycles. The molecule has 2 aromatic carbocycles. The van der Waals surface area contributed by atoms with E-state index in [9.17, 15) is 13.6 Å². The topological polar surface area (TPSA) is 20.3 Å². The summed E-state index contributed by atoms with van der Waals surface area (Å²) < 4.78 is 26.7. The number of hydrogen-bond donors (Lipinski definition) is 0. The van der Waals surface area contributed by atoms with Crippen LogP contribution in [0.25, 0.3) is 0 Å². The Morgan fingerprint density at radius 1 is 1.05 bits per heavy atom. The molecule has 0 radical (unpaired) electrons. The van der Waals surface area contributed by atoms with Gasteiger partial charge in [0, 0.05) is 12.7 Å². The summed E-state index contributed by atoms with van der Waals surface area (Å²) in [7, 11) is 1.53. The number of benzene rings is 2. The fourth-order valence-corrected chi connectivity index (χ4v) is 1.74. The summed E-state index contributed by atoms with van der Waals surface area (Å²) in [6, 6.07) is 10.8. The van der Waals surface area contributed by atoms with Gasteiger partial charge in [0.15, 0.2) is 11.6 Å². The van der Waals surface area contributed by atoms with Crippen LogP contribution in [0.2, 0.25) is 0 Å². The molecule has 2 rings (SSSR count). The van der Waals surface area contributed by atoms with Crippen LogP contribution in [0.15, 0.2) is 42.5 Å². The minimum absolute atomic E-state index is 0.275. The Hall–Kier alpha value is -2.23. The summed E-state index contributed by atoms with van der Waals surface area (Å²) in [5.74, 6) is -2.73. The second kappa shape index (κ2) is 5.18. The molecule has 0 heterocycles. The Morgan fingerprint density at radius 3 is 2.32 bits per heavy atom. The SMILES string of the molecule is Cc1ccc(N(C)C(=O)c2cccc(F)c2F)cc1. The molecule has 4 heteroatoms. The van der Waals surface area contributed by atoms with Gasteiger partial charge in [-0.2, -0.15) is 0 Å². The number of carbonyl (C=O) groups is 1. The average molecular weight is 261 g/mol. The first-order chi connectivity index (χ1) is 9.00. The van der Waals surface area contributed by atoms with Gasteiger partial charge in [-0.15, -0.1) is 0 Å². The maximum Gasteiger partial charge on any atom is 0.261 e. The maximum absolute atomic E-state index is 13.6. The van der Waals surface area contributed by atoms with E-state index in [0.717, 1.165) is 11.6 Å².